The van der Waals surface area contributed by atoms with Crippen LogP contribution < -0.4 is 5.32 Å². The van der Waals surface area contributed by atoms with Crippen molar-refractivity contribution in [3.63, 3.8) is 0 Å². The van der Waals surface area contributed by atoms with Gasteiger partial charge in [-0.05, 0) is 25.5 Å². The molecule has 1 aliphatic heterocycles. The van der Waals surface area contributed by atoms with E-state index in [2.05, 4.69) is 5.32 Å². The molecule has 0 radical (unpaired) electrons. The molecule has 4 heteroatoms. The lowest BCUT2D eigenvalue weighted by Crippen LogP contribution is -2.14. The van der Waals surface area contributed by atoms with E-state index in [0.29, 0.717) is 5.56 Å². The molecule has 1 N–H and O–H groups in total. The van der Waals surface area contributed by atoms with E-state index in [1.54, 1.807) is 0 Å². The number of benzene rings is 1. The van der Waals surface area contributed by atoms with Crippen LogP contribution in [0, 0.1) is 11.6 Å². The molecule has 0 aliphatic carbocycles. The summed E-state index contributed by atoms with van der Waals surface area (Å²) in [6.07, 6.45) is 1.99. The van der Waals surface area contributed by atoms with E-state index < -0.39 is 11.6 Å². The fraction of sp³-hybridized carbons (Fsp3) is 0.400. The van der Waals surface area contributed by atoms with Gasteiger partial charge in [-0.25, -0.2) is 8.78 Å². The minimum absolute atomic E-state index is 0. The second-order valence-corrected chi connectivity index (χ2v) is 3.31. The summed E-state index contributed by atoms with van der Waals surface area (Å²) in [5.41, 5.74) is 0.582. The highest BCUT2D eigenvalue weighted by molar-refractivity contribution is 5.85. The third kappa shape index (κ3) is 2.22. The van der Waals surface area contributed by atoms with Crippen molar-refractivity contribution in [1.29, 1.82) is 0 Å². The molecule has 78 valence electrons. The largest absolute Gasteiger partial charge is 0.310 e. The molecule has 14 heavy (non-hydrogen) atoms. The molecule has 0 amide bonds. The molecular formula is C10H12ClF2N. The molecule has 1 saturated heterocycles. The van der Waals surface area contributed by atoms with Gasteiger partial charge in [0.1, 0.15) is 11.6 Å². The normalized spacial score (nSPS) is 20.6. The van der Waals surface area contributed by atoms with Gasteiger partial charge in [0.05, 0.1) is 0 Å². The van der Waals surface area contributed by atoms with Crippen molar-refractivity contribution < 1.29 is 8.78 Å². The molecule has 1 aromatic rings. The monoisotopic (exact) mass is 219 g/mol. The molecule has 1 unspecified atom stereocenters. The summed E-state index contributed by atoms with van der Waals surface area (Å²) >= 11 is 0. The SMILES string of the molecule is Cl.Fc1ccc(C2CCCN2)c(F)c1. The van der Waals surface area contributed by atoms with Gasteiger partial charge in [-0.3, -0.25) is 0 Å². The summed E-state index contributed by atoms with van der Waals surface area (Å²) in [5, 5.41) is 3.17. The summed E-state index contributed by atoms with van der Waals surface area (Å²) in [4.78, 5) is 0. The van der Waals surface area contributed by atoms with Gasteiger partial charge in [0.2, 0.25) is 0 Å². The highest BCUT2D eigenvalue weighted by Gasteiger charge is 2.19. The van der Waals surface area contributed by atoms with Gasteiger partial charge in [0, 0.05) is 17.7 Å². The van der Waals surface area contributed by atoms with Crippen LogP contribution in [0.25, 0.3) is 0 Å². The number of rotatable bonds is 1. The zero-order chi connectivity index (χ0) is 9.26. The minimum Gasteiger partial charge on any atom is -0.310 e. The lowest BCUT2D eigenvalue weighted by atomic mass is 10.0. The number of hydrogen-bond acceptors (Lipinski definition) is 1. The summed E-state index contributed by atoms with van der Waals surface area (Å²) in [7, 11) is 0. The number of nitrogens with one attached hydrogen (secondary N) is 1. The zero-order valence-corrected chi connectivity index (χ0v) is 8.41. The van der Waals surface area contributed by atoms with E-state index in [1.165, 1.54) is 12.1 Å². The lowest BCUT2D eigenvalue weighted by molar-refractivity contribution is 0.540. The van der Waals surface area contributed by atoms with E-state index in [4.69, 9.17) is 0 Å². The maximum Gasteiger partial charge on any atom is 0.130 e. The second kappa shape index (κ2) is 4.71. The van der Waals surface area contributed by atoms with Crippen molar-refractivity contribution in [1.82, 2.24) is 5.32 Å². The fourth-order valence-corrected chi connectivity index (χ4v) is 1.73. The first-order valence-corrected chi connectivity index (χ1v) is 4.46. The third-order valence-electron chi connectivity index (χ3n) is 2.40. The van der Waals surface area contributed by atoms with Crippen LogP contribution in [-0.4, -0.2) is 6.54 Å². The van der Waals surface area contributed by atoms with E-state index >= 15 is 0 Å². The van der Waals surface area contributed by atoms with E-state index in [9.17, 15) is 8.78 Å². The van der Waals surface area contributed by atoms with Gasteiger partial charge in [-0.2, -0.15) is 0 Å². The van der Waals surface area contributed by atoms with Gasteiger partial charge in [-0.1, -0.05) is 6.07 Å². The molecule has 1 aliphatic rings. The van der Waals surface area contributed by atoms with E-state index in [1.807, 2.05) is 0 Å². The van der Waals surface area contributed by atoms with Crippen molar-refractivity contribution in [2.24, 2.45) is 0 Å². The molecule has 1 atom stereocenters. The third-order valence-corrected chi connectivity index (χ3v) is 2.40. The Morgan fingerprint density at radius 2 is 2.07 bits per heavy atom. The molecular weight excluding hydrogens is 208 g/mol. The molecule has 1 fully saturated rings. The highest BCUT2D eigenvalue weighted by Crippen LogP contribution is 2.25. The summed E-state index contributed by atoms with van der Waals surface area (Å²) in [5.74, 6) is -0.960. The van der Waals surface area contributed by atoms with Crippen molar-refractivity contribution >= 4 is 12.4 Å². The highest BCUT2D eigenvalue weighted by atomic mass is 35.5. The smallest absolute Gasteiger partial charge is 0.130 e. The minimum atomic E-state index is -0.515. The lowest BCUT2D eigenvalue weighted by Gasteiger charge is -2.10. The van der Waals surface area contributed by atoms with E-state index in [0.717, 1.165) is 25.5 Å². The van der Waals surface area contributed by atoms with Gasteiger partial charge >= 0.3 is 0 Å². The molecule has 2 rings (SSSR count). The van der Waals surface area contributed by atoms with Crippen LogP contribution in [0.15, 0.2) is 18.2 Å². The van der Waals surface area contributed by atoms with E-state index in [-0.39, 0.29) is 18.4 Å². The Balaban J connectivity index is 0.000000980. The molecule has 0 bridgehead atoms. The first-order chi connectivity index (χ1) is 6.27. The van der Waals surface area contributed by atoms with Crippen LogP contribution in [0.3, 0.4) is 0 Å². The maximum absolute atomic E-state index is 13.2. The van der Waals surface area contributed by atoms with Gasteiger partial charge in [0.15, 0.2) is 0 Å². The summed E-state index contributed by atoms with van der Waals surface area (Å²) in [6, 6.07) is 3.84. The van der Waals surface area contributed by atoms with Crippen molar-refractivity contribution in [3.8, 4) is 0 Å². The Morgan fingerprint density at radius 1 is 1.29 bits per heavy atom. The Hall–Kier alpha value is -0.670. The first kappa shape index (κ1) is 11.4. The van der Waals surface area contributed by atoms with Crippen LogP contribution in [-0.2, 0) is 0 Å². The van der Waals surface area contributed by atoms with Crippen LogP contribution >= 0.6 is 12.4 Å². The Labute approximate surface area is 87.9 Å². The molecule has 0 aromatic heterocycles. The summed E-state index contributed by atoms with van der Waals surface area (Å²) < 4.78 is 25.8. The van der Waals surface area contributed by atoms with Crippen LogP contribution in [0.4, 0.5) is 8.78 Å². The maximum atomic E-state index is 13.2. The number of hydrogen-bond donors (Lipinski definition) is 1. The summed E-state index contributed by atoms with van der Waals surface area (Å²) in [6.45, 7) is 0.918. The average Bonchev–Trinajstić information content (AvgIpc) is 2.56. The average molecular weight is 220 g/mol. The topological polar surface area (TPSA) is 12.0 Å². The van der Waals surface area contributed by atoms with Gasteiger partial charge < -0.3 is 5.32 Å². The molecule has 0 saturated carbocycles. The predicted octanol–water partition coefficient (Wildman–Crippen LogP) is 2.81. The molecule has 1 heterocycles. The molecule has 1 nitrogen and oxygen atoms in total. The predicted molar refractivity (Wildman–Crippen MR) is 53.6 cm³/mol. The standard InChI is InChI=1S/C10H11F2N.ClH/c11-7-3-4-8(9(12)6-7)10-2-1-5-13-10;/h3-4,6,10,13H,1-2,5H2;1H. The van der Waals surface area contributed by atoms with Crippen LogP contribution in [0.2, 0.25) is 0 Å². The molecule has 1 aromatic carbocycles. The van der Waals surface area contributed by atoms with Gasteiger partial charge in [-0.15, -0.1) is 12.4 Å². The quantitative estimate of drug-likeness (QED) is 0.766. The Kier molecular flexibility index (Phi) is 3.84. The van der Waals surface area contributed by atoms with Crippen molar-refractivity contribution in [3.05, 3.63) is 35.4 Å². The zero-order valence-electron chi connectivity index (χ0n) is 7.59. The molecule has 0 spiro atoms. The van der Waals surface area contributed by atoms with Crippen LogP contribution in [0.5, 0.6) is 0 Å². The van der Waals surface area contributed by atoms with Gasteiger partial charge in [0.25, 0.3) is 0 Å². The van der Waals surface area contributed by atoms with Crippen molar-refractivity contribution in [2.45, 2.75) is 18.9 Å². The Bertz CT molecular complexity index is 311. The number of halogens is 3. The fourth-order valence-electron chi connectivity index (χ4n) is 1.73. The Morgan fingerprint density at radius 3 is 2.64 bits per heavy atom. The second-order valence-electron chi connectivity index (χ2n) is 3.31. The first-order valence-electron chi connectivity index (χ1n) is 4.46. The van der Waals surface area contributed by atoms with Crippen LogP contribution in [0.1, 0.15) is 24.4 Å². The van der Waals surface area contributed by atoms with Crippen molar-refractivity contribution in [2.75, 3.05) is 6.54 Å².